The van der Waals surface area contributed by atoms with Gasteiger partial charge in [0.15, 0.2) is 0 Å². The fraction of sp³-hybridized carbons (Fsp3) is 0.500. The van der Waals surface area contributed by atoms with E-state index < -0.39 is 0 Å². The first kappa shape index (κ1) is 11.1. The molecule has 1 aliphatic heterocycles. The molecule has 0 bridgehead atoms. The van der Waals surface area contributed by atoms with Crippen molar-refractivity contribution in [2.24, 2.45) is 0 Å². The summed E-state index contributed by atoms with van der Waals surface area (Å²) in [5.74, 6) is 0.745. The second kappa shape index (κ2) is 5.07. The standard InChI is InChI=1S/C12H17N3O/c13-12-7-9(3-5-15-12)6-11(16)8-10-2-1-4-14-10/h3,5,7,10,14H,1-2,4,6,8H2,(H2,13,15). The molecule has 4 nitrogen and oxygen atoms in total. The Hall–Kier alpha value is -1.42. The number of Topliss-reactive ketones (excluding diaryl/α,β-unsaturated/α-hetero) is 1. The number of nitrogens with zero attached hydrogens (tertiary/aromatic N) is 1. The van der Waals surface area contributed by atoms with Crippen molar-refractivity contribution in [3.8, 4) is 0 Å². The highest BCUT2D eigenvalue weighted by Gasteiger charge is 2.17. The van der Waals surface area contributed by atoms with Crippen LogP contribution in [-0.2, 0) is 11.2 Å². The predicted molar refractivity (Wildman–Crippen MR) is 63.0 cm³/mol. The van der Waals surface area contributed by atoms with E-state index in [1.807, 2.05) is 6.07 Å². The normalized spacial score (nSPS) is 19.9. The number of hydrogen-bond acceptors (Lipinski definition) is 4. The van der Waals surface area contributed by atoms with Gasteiger partial charge in [-0.25, -0.2) is 4.98 Å². The number of aromatic nitrogens is 1. The van der Waals surface area contributed by atoms with Gasteiger partial charge >= 0.3 is 0 Å². The van der Waals surface area contributed by atoms with Crippen LogP contribution in [0.5, 0.6) is 0 Å². The van der Waals surface area contributed by atoms with Crippen LogP contribution in [0.3, 0.4) is 0 Å². The minimum atomic E-state index is 0.269. The summed E-state index contributed by atoms with van der Waals surface area (Å²) in [5.41, 5.74) is 6.52. The molecule has 1 aromatic rings. The van der Waals surface area contributed by atoms with Gasteiger partial charge in [-0.2, -0.15) is 0 Å². The van der Waals surface area contributed by atoms with Gasteiger partial charge in [-0.05, 0) is 37.1 Å². The number of ketones is 1. The van der Waals surface area contributed by atoms with Gasteiger partial charge in [0.25, 0.3) is 0 Å². The monoisotopic (exact) mass is 219 g/mol. The fourth-order valence-corrected chi connectivity index (χ4v) is 2.11. The Morgan fingerprint density at radius 1 is 1.62 bits per heavy atom. The van der Waals surface area contributed by atoms with Crippen LogP contribution in [0.25, 0.3) is 0 Å². The van der Waals surface area contributed by atoms with E-state index in [1.54, 1.807) is 12.3 Å². The molecule has 1 unspecified atom stereocenters. The maximum atomic E-state index is 11.8. The van der Waals surface area contributed by atoms with Crippen LogP contribution in [0.2, 0.25) is 0 Å². The van der Waals surface area contributed by atoms with E-state index in [0.717, 1.165) is 18.5 Å². The van der Waals surface area contributed by atoms with Crippen molar-refractivity contribution in [1.29, 1.82) is 0 Å². The molecule has 1 fully saturated rings. The molecule has 0 aromatic carbocycles. The summed E-state index contributed by atoms with van der Waals surface area (Å²) in [6.07, 6.45) is 5.03. The number of anilines is 1. The Morgan fingerprint density at radius 3 is 3.19 bits per heavy atom. The summed E-state index contributed by atoms with van der Waals surface area (Å²) < 4.78 is 0. The highest BCUT2D eigenvalue weighted by atomic mass is 16.1. The largest absolute Gasteiger partial charge is 0.384 e. The Kier molecular flexibility index (Phi) is 3.51. The van der Waals surface area contributed by atoms with Crippen LogP contribution in [0.1, 0.15) is 24.8 Å². The Morgan fingerprint density at radius 2 is 2.50 bits per heavy atom. The second-order valence-electron chi connectivity index (χ2n) is 4.30. The molecule has 0 saturated carbocycles. The summed E-state index contributed by atoms with van der Waals surface area (Å²) in [6.45, 7) is 1.04. The molecule has 4 heteroatoms. The molecule has 0 radical (unpaired) electrons. The lowest BCUT2D eigenvalue weighted by molar-refractivity contribution is -0.118. The number of rotatable bonds is 4. The van der Waals surface area contributed by atoms with Crippen molar-refractivity contribution in [3.63, 3.8) is 0 Å². The molecular formula is C12H17N3O. The number of carbonyl (C=O) groups is 1. The van der Waals surface area contributed by atoms with Gasteiger partial charge in [0.05, 0.1) is 0 Å². The van der Waals surface area contributed by atoms with E-state index in [-0.39, 0.29) is 5.78 Å². The van der Waals surface area contributed by atoms with E-state index >= 15 is 0 Å². The fourth-order valence-electron chi connectivity index (χ4n) is 2.11. The van der Waals surface area contributed by atoms with Gasteiger partial charge in [-0.1, -0.05) is 0 Å². The van der Waals surface area contributed by atoms with Crippen LogP contribution in [-0.4, -0.2) is 23.4 Å². The van der Waals surface area contributed by atoms with E-state index in [2.05, 4.69) is 10.3 Å². The van der Waals surface area contributed by atoms with E-state index in [9.17, 15) is 4.79 Å². The first-order chi connectivity index (χ1) is 7.74. The number of carbonyl (C=O) groups excluding carboxylic acids is 1. The first-order valence-electron chi connectivity index (χ1n) is 5.69. The van der Waals surface area contributed by atoms with Crippen molar-refractivity contribution in [1.82, 2.24) is 10.3 Å². The molecule has 0 aliphatic carbocycles. The van der Waals surface area contributed by atoms with Gasteiger partial charge in [-0.15, -0.1) is 0 Å². The van der Waals surface area contributed by atoms with Crippen LogP contribution in [0.15, 0.2) is 18.3 Å². The molecule has 2 rings (SSSR count). The number of pyridine rings is 1. The molecule has 86 valence electrons. The number of nitrogens with two attached hydrogens (primary N) is 1. The molecule has 0 spiro atoms. The molecule has 1 aliphatic rings. The summed E-state index contributed by atoms with van der Waals surface area (Å²) in [4.78, 5) is 15.7. The second-order valence-corrected chi connectivity index (χ2v) is 4.30. The quantitative estimate of drug-likeness (QED) is 0.790. The Bertz CT molecular complexity index is 372. The predicted octanol–water partition coefficient (Wildman–Crippen LogP) is 0.917. The minimum Gasteiger partial charge on any atom is -0.384 e. The third kappa shape index (κ3) is 3.03. The Balaban J connectivity index is 1.86. The molecule has 1 atom stereocenters. The molecule has 0 amide bonds. The molecule has 1 aromatic heterocycles. The number of nitrogen functional groups attached to an aromatic ring is 1. The maximum absolute atomic E-state index is 11.8. The van der Waals surface area contributed by atoms with Crippen LogP contribution < -0.4 is 11.1 Å². The van der Waals surface area contributed by atoms with Gasteiger partial charge in [0.2, 0.25) is 0 Å². The van der Waals surface area contributed by atoms with Gasteiger partial charge in [0.1, 0.15) is 11.6 Å². The highest BCUT2D eigenvalue weighted by molar-refractivity contribution is 5.81. The van der Waals surface area contributed by atoms with E-state index in [0.29, 0.717) is 24.7 Å². The lowest BCUT2D eigenvalue weighted by atomic mass is 10.0. The minimum absolute atomic E-state index is 0.269. The van der Waals surface area contributed by atoms with Crippen molar-refractivity contribution in [2.45, 2.75) is 31.7 Å². The third-order valence-electron chi connectivity index (χ3n) is 2.88. The molecule has 16 heavy (non-hydrogen) atoms. The van der Waals surface area contributed by atoms with Gasteiger partial charge in [0, 0.05) is 25.1 Å². The van der Waals surface area contributed by atoms with Crippen molar-refractivity contribution in [3.05, 3.63) is 23.9 Å². The maximum Gasteiger partial charge on any atom is 0.138 e. The SMILES string of the molecule is Nc1cc(CC(=O)CC2CCCN2)ccn1. The summed E-state index contributed by atoms with van der Waals surface area (Å²) in [5, 5.41) is 3.33. The van der Waals surface area contributed by atoms with Gasteiger partial charge < -0.3 is 11.1 Å². The average Bonchev–Trinajstić information content (AvgIpc) is 2.70. The van der Waals surface area contributed by atoms with Crippen molar-refractivity contribution in [2.75, 3.05) is 12.3 Å². The van der Waals surface area contributed by atoms with E-state index in [4.69, 9.17) is 5.73 Å². The third-order valence-corrected chi connectivity index (χ3v) is 2.88. The highest BCUT2D eigenvalue weighted by Crippen LogP contribution is 2.11. The molecule has 2 heterocycles. The summed E-state index contributed by atoms with van der Waals surface area (Å²) in [6, 6.07) is 3.99. The number of hydrogen-bond donors (Lipinski definition) is 2. The Labute approximate surface area is 95.3 Å². The zero-order valence-electron chi connectivity index (χ0n) is 9.28. The summed E-state index contributed by atoms with van der Waals surface area (Å²) >= 11 is 0. The van der Waals surface area contributed by atoms with Crippen LogP contribution in [0.4, 0.5) is 5.82 Å². The zero-order valence-corrected chi connectivity index (χ0v) is 9.28. The van der Waals surface area contributed by atoms with Crippen LogP contribution >= 0.6 is 0 Å². The number of nitrogens with one attached hydrogen (secondary N) is 1. The molecule has 3 N–H and O–H groups in total. The lowest BCUT2D eigenvalue weighted by Crippen LogP contribution is -2.25. The zero-order chi connectivity index (χ0) is 11.4. The smallest absolute Gasteiger partial charge is 0.138 e. The molecular weight excluding hydrogens is 202 g/mol. The van der Waals surface area contributed by atoms with Crippen molar-refractivity contribution >= 4 is 11.6 Å². The van der Waals surface area contributed by atoms with Crippen molar-refractivity contribution < 1.29 is 4.79 Å². The molecule has 1 saturated heterocycles. The van der Waals surface area contributed by atoms with Gasteiger partial charge in [-0.3, -0.25) is 4.79 Å². The van der Waals surface area contributed by atoms with Crippen LogP contribution in [0, 0.1) is 0 Å². The average molecular weight is 219 g/mol. The first-order valence-corrected chi connectivity index (χ1v) is 5.69. The summed E-state index contributed by atoms with van der Waals surface area (Å²) in [7, 11) is 0. The topological polar surface area (TPSA) is 68.0 Å². The van der Waals surface area contributed by atoms with E-state index in [1.165, 1.54) is 6.42 Å². The lowest BCUT2D eigenvalue weighted by Gasteiger charge is -2.08.